The number of likely N-dealkylation sites (tertiary alicyclic amines) is 1. The lowest BCUT2D eigenvalue weighted by atomic mass is 10.0. The topological polar surface area (TPSA) is 41.6 Å². The lowest BCUT2D eigenvalue weighted by molar-refractivity contribution is -0.159. The molecule has 0 unspecified atom stereocenters. The zero-order chi connectivity index (χ0) is 14.7. The number of carbonyl (C=O) groups excluding carboxylic acids is 1. The van der Waals surface area contributed by atoms with E-state index in [2.05, 4.69) is 0 Å². The minimum atomic E-state index is -4.42. The molecule has 1 rings (SSSR count). The number of amides is 1. The highest BCUT2D eigenvalue weighted by molar-refractivity contribution is 5.68. The van der Waals surface area contributed by atoms with Crippen LogP contribution in [0, 0.1) is 0 Å². The van der Waals surface area contributed by atoms with Crippen molar-refractivity contribution < 1.29 is 22.7 Å². The summed E-state index contributed by atoms with van der Waals surface area (Å²) in [5.41, 5.74) is -0.642. The quantitative estimate of drug-likeness (QED) is 0.792. The van der Waals surface area contributed by atoms with Gasteiger partial charge in [0, 0.05) is 19.1 Å². The fourth-order valence-corrected chi connectivity index (χ4v) is 2.01. The molecule has 0 bridgehead atoms. The van der Waals surface area contributed by atoms with E-state index in [0.717, 1.165) is 12.8 Å². The monoisotopic (exact) mass is 282 g/mol. The van der Waals surface area contributed by atoms with Crippen molar-refractivity contribution in [1.82, 2.24) is 10.2 Å². The van der Waals surface area contributed by atoms with E-state index in [0.29, 0.717) is 13.0 Å². The Morgan fingerprint density at radius 2 is 1.95 bits per heavy atom. The SMILES string of the molecule is CC(C)(C)OC(=O)N1CCCC[C@@H]1CNC(F)(F)F. The van der Waals surface area contributed by atoms with Crippen LogP contribution in [0.15, 0.2) is 0 Å². The van der Waals surface area contributed by atoms with Crippen LogP contribution < -0.4 is 5.32 Å². The Bertz CT molecular complexity index is 313. The van der Waals surface area contributed by atoms with Gasteiger partial charge in [0.15, 0.2) is 0 Å². The summed E-state index contributed by atoms with van der Waals surface area (Å²) in [5.74, 6) is 0. The Hall–Kier alpha value is -0.980. The van der Waals surface area contributed by atoms with Crippen LogP contribution >= 0.6 is 0 Å². The van der Waals surface area contributed by atoms with E-state index in [1.807, 2.05) is 0 Å². The van der Waals surface area contributed by atoms with Crippen molar-refractivity contribution in [3.05, 3.63) is 0 Å². The molecule has 1 fully saturated rings. The molecule has 112 valence electrons. The standard InChI is InChI=1S/C12H21F3N2O2/c1-11(2,3)19-10(18)17-7-5-4-6-9(17)8-16-12(13,14)15/h9,16H,4-8H2,1-3H3/t9-/m1/s1. The third-order valence-corrected chi connectivity index (χ3v) is 2.79. The van der Waals surface area contributed by atoms with Gasteiger partial charge in [-0.15, -0.1) is 0 Å². The zero-order valence-electron chi connectivity index (χ0n) is 11.5. The van der Waals surface area contributed by atoms with Gasteiger partial charge in [0.25, 0.3) is 0 Å². The van der Waals surface area contributed by atoms with Gasteiger partial charge in [-0.3, -0.25) is 0 Å². The van der Waals surface area contributed by atoms with Crippen LogP contribution in [0.4, 0.5) is 18.0 Å². The largest absolute Gasteiger partial charge is 0.457 e. The van der Waals surface area contributed by atoms with Crippen LogP contribution in [0.3, 0.4) is 0 Å². The summed E-state index contributed by atoms with van der Waals surface area (Å²) in [6, 6.07) is -0.467. The number of nitrogens with zero attached hydrogens (tertiary/aromatic N) is 1. The normalized spacial score (nSPS) is 21.4. The summed E-state index contributed by atoms with van der Waals surface area (Å²) in [6.45, 7) is 5.36. The van der Waals surface area contributed by atoms with Crippen molar-refractivity contribution in [2.45, 2.75) is 58.0 Å². The summed E-state index contributed by atoms with van der Waals surface area (Å²) in [7, 11) is 0. The van der Waals surface area contributed by atoms with Gasteiger partial charge in [-0.05, 0) is 40.0 Å². The number of halogens is 3. The third-order valence-electron chi connectivity index (χ3n) is 2.79. The molecule has 19 heavy (non-hydrogen) atoms. The number of hydrogen-bond donors (Lipinski definition) is 1. The van der Waals surface area contributed by atoms with Crippen LogP contribution in [0.5, 0.6) is 0 Å². The molecule has 7 heteroatoms. The van der Waals surface area contributed by atoms with Gasteiger partial charge < -0.3 is 9.64 Å². The molecular weight excluding hydrogens is 261 g/mol. The second kappa shape index (κ2) is 5.98. The molecule has 0 saturated carbocycles. The van der Waals surface area contributed by atoms with Crippen LogP contribution in [0.25, 0.3) is 0 Å². The average molecular weight is 282 g/mol. The Morgan fingerprint density at radius 3 is 2.47 bits per heavy atom. The van der Waals surface area contributed by atoms with Crippen molar-refractivity contribution >= 4 is 6.09 Å². The molecule has 1 heterocycles. The Labute approximate surface area is 111 Å². The number of nitrogens with one attached hydrogen (secondary N) is 1. The highest BCUT2D eigenvalue weighted by Gasteiger charge is 2.34. The van der Waals surface area contributed by atoms with E-state index in [4.69, 9.17) is 4.74 Å². The average Bonchev–Trinajstić information content (AvgIpc) is 2.23. The number of hydrogen-bond acceptors (Lipinski definition) is 3. The second-order valence-electron chi connectivity index (χ2n) is 5.70. The molecule has 1 N–H and O–H groups in total. The van der Waals surface area contributed by atoms with Crippen LogP contribution in [0.1, 0.15) is 40.0 Å². The minimum absolute atomic E-state index is 0.289. The highest BCUT2D eigenvalue weighted by Crippen LogP contribution is 2.21. The van der Waals surface area contributed by atoms with Gasteiger partial charge in [-0.25, -0.2) is 10.1 Å². The first-order chi connectivity index (χ1) is 8.58. The van der Waals surface area contributed by atoms with Crippen LogP contribution in [0.2, 0.25) is 0 Å². The maximum atomic E-state index is 12.2. The second-order valence-corrected chi connectivity index (χ2v) is 5.70. The minimum Gasteiger partial charge on any atom is -0.444 e. The molecule has 0 aliphatic carbocycles. The Balaban J connectivity index is 2.59. The summed E-state index contributed by atoms with van der Waals surface area (Å²) in [4.78, 5) is 13.3. The van der Waals surface area contributed by atoms with Crippen molar-refractivity contribution in [1.29, 1.82) is 0 Å². The smallest absolute Gasteiger partial charge is 0.444 e. The first-order valence-corrected chi connectivity index (χ1v) is 6.40. The Morgan fingerprint density at radius 1 is 1.32 bits per heavy atom. The zero-order valence-corrected chi connectivity index (χ0v) is 11.5. The maximum absolute atomic E-state index is 12.2. The number of piperidine rings is 1. The van der Waals surface area contributed by atoms with E-state index in [9.17, 15) is 18.0 Å². The van der Waals surface area contributed by atoms with Crippen molar-refractivity contribution in [2.24, 2.45) is 0 Å². The predicted octanol–water partition coefficient (Wildman–Crippen LogP) is 2.89. The number of carbonyl (C=O) groups is 1. The summed E-state index contributed by atoms with van der Waals surface area (Å²) in [5, 5.41) is 1.49. The summed E-state index contributed by atoms with van der Waals surface area (Å²) >= 11 is 0. The number of rotatable bonds is 2. The lowest BCUT2D eigenvalue weighted by Crippen LogP contribution is -2.52. The van der Waals surface area contributed by atoms with Gasteiger partial charge >= 0.3 is 12.4 Å². The molecule has 1 saturated heterocycles. The highest BCUT2D eigenvalue weighted by atomic mass is 19.4. The maximum Gasteiger partial charge on any atom is 0.457 e. The van der Waals surface area contributed by atoms with E-state index in [1.165, 1.54) is 10.2 Å². The van der Waals surface area contributed by atoms with Crippen LogP contribution in [-0.4, -0.2) is 42.0 Å². The van der Waals surface area contributed by atoms with E-state index in [1.54, 1.807) is 20.8 Å². The Kier molecular flexibility index (Phi) is 5.06. The molecule has 0 spiro atoms. The first kappa shape index (κ1) is 16.1. The molecule has 1 aliphatic heterocycles. The van der Waals surface area contributed by atoms with E-state index < -0.39 is 24.0 Å². The molecular formula is C12H21F3N2O2. The number of ether oxygens (including phenoxy) is 1. The molecule has 1 aliphatic rings. The van der Waals surface area contributed by atoms with Crippen molar-refractivity contribution in [3.63, 3.8) is 0 Å². The van der Waals surface area contributed by atoms with Gasteiger partial charge in [-0.2, -0.15) is 13.2 Å². The lowest BCUT2D eigenvalue weighted by Gasteiger charge is -2.37. The molecule has 1 atom stereocenters. The van der Waals surface area contributed by atoms with Crippen LogP contribution in [-0.2, 0) is 4.74 Å². The van der Waals surface area contributed by atoms with Gasteiger partial charge in [0.1, 0.15) is 5.60 Å². The van der Waals surface area contributed by atoms with E-state index >= 15 is 0 Å². The molecule has 4 nitrogen and oxygen atoms in total. The van der Waals surface area contributed by atoms with Crippen molar-refractivity contribution in [2.75, 3.05) is 13.1 Å². The van der Waals surface area contributed by atoms with E-state index in [-0.39, 0.29) is 6.54 Å². The molecule has 0 radical (unpaired) electrons. The fourth-order valence-electron chi connectivity index (χ4n) is 2.01. The molecule has 0 aromatic carbocycles. The fraction of sp³-hybridized carbons (Fsp3) is 0.917. The van der Waals surface area contributed by atoms with Crippen molar-refractivity contribution in [3.8, 4) is 0 Å². The number of alkyl halides is 3. The van der Waals surface area contributed by atoms with Gasteiger partial charge in [-0.1, -0.05) is 0 Å². The predicted molar refractivity (Wildman–Crippen MR) is 64.6 cm³/mol. The molecule has 0 aromatic rings. The third kappa shape index (κ3) is 6.13. The first-order valence-electron chi connectivity index (χ1n) is 6.40. The summed E-state index contributed by atoms with van der Waals surface area (Å²) < 4.78 is 41.7. The summed E-state index contributed by atoms with van der Waals surface area (Å²) in [6.07, 6.45) is -2.79. The molecule has 0 aromatic heterocycles. The van der Waals surface area contributed by atoms with Gasteiger partial charge in [0.05, 0.1) is 0 Å². The molecule has 1 amide bonds. The van der Waals surface area contributed by atoms with Gasteiger partial charge in [0.2, 0.25) is 0 Å².